The molecule has 0 unspecified atom stereocenters. The van der Waals surface area contributed by atoms with Crippen molar-refractivity contribution in [3.8, 4) is 11.5 Å². The lowest BCUT2D eigenvalue weighted by atomic mass is 10.2. The van der Waals surface area contributed by atoms with Crippen LogP contribution in [0, 0.1) is 0 Å². The van der Waals surface area contributed by atoms with Crippen LogP contribution in [0.3, 0.4) is 0 Å². The van der Waals surface area contributed by atoms with Crippen LogP contribution in [0.25, 0.3) is 11.5 Å². The summed E-state index contributed by atoms with van der Waals surface area (Å²) in [7, 11) is 0. The number of carbonyl (C=O) groups is 2. The molecule has 8 nitrogen and oxygen atoms in total. The minimum atomic E-state index is -1.04. The third-order valence-electron chi connectivity index (χ3n) is 2.98. The van der Waals surface area contributed by atoms with Crippen molar-refractivity contribution in [2.24, 2.45) is 0 Å². The molecule has 0 saturated carbocycles. The van der Waals surface area contributed by atoms with Crippen LogP contribution in [-0.4, -0.2) is 50.1 Å². The maximum atomic E-state index is 11.9. The summed E-state index contributed by atoms with van der Waals surface area (Å²) in [5.41, 5.74) is 0.588. The molecule has 116 valence electrons. The van der Waals surface area contributed by atoms with E-state index in [0.29, 0.717) is 24.0 Å². The van der Waals surface area contributed by atoms with Crippen molar-refractivity contribution in [3.05, 3.63) is 30.3 Å². The number of hydrogen-bond acceptors (Lipinski definition) is 6. The minimum Gasteiger partial charge on any atom is -0.480 e. The van der Waals surface area contributed by atoms with Crippen LogP contribution in [0.4, 0.5) is 0 Å². The lowest BCUT2D eigenvalue weighted by Gasteiger charge is -2.17. The standard InChI is InChI=1S/C14H16N4O4/c1-2-18(9-13(20)21)12(19)7-6-11-16-14(17-22-11)10-5-3-4-8-15-10/h3-5,8H,2,6-7,9H2,1H3,(H,20,21). The van der Waals surface area contributed by atoms with Gasteiger partial charge in [-0.3, -0.25) is 14.6 Å². The quantitative estimate of drug-likeness (QED) is 0.812. The fourth-order valence-electron chi connectivity index (χ4n) is 1.87. The van der Waals surface area contributed by atoms with E-state index < -0.39 is 5.97 Å². The predicted octanol–water partition coefficient (Wildman–Crippen LogP) is 0.997. The second-order valence-electron chi connectivity index (χ2n) is 4.53. The molecule has 0 aromatic carbocycles. The van der Waals surface area contributed by atoms with Crippen molar-refractivity contribution in [1.29, 1.82) is 0 Å². The first kappa shape index (κ1) is 15.6. The van der Waals surface area contributed by atoms with Crippen molar-refractivity contribution in [1.82, 2.24) is 20.0 Å². The zero-order valence-corrected chi connectivity index (χ0v) is 12.1. The third kappa shape index (κ3) is 4.11. The Morgan fingerprint density at radius 1 is 1.36 bits per heavy atom. The van der Waals surface area contributed by atoms with E-state index in [1.807, 2.05) is 6.07 Å². The average Bonchev–Trinajstić information content (AvgIpc) is 3.00. The van der Waals surface area contributed by atoms with Crippen molar-refractivity contribution in [2.75, 3.05) is 13.1 Å². The van der Waals surface area contributed by atoms with Gasteiger partial charge in [0, 0.05) is 25.6 Å². The van der Waals surface area contributed by atoms with Crippen LogP contribution in [0.5, 0.6) is 0 Å². The first-order valence-electron chi connectivity index (χ1n) is 6.83. The Bertz CT molecular complexity index is 641. The molecule has 2 aromatic rings. The Balaban J connectivity index is 1.93. The molecule has 0 aliphatic rings. The highest BCUT2D eigenvalue weighted by Gasteiger charge is 2.17. The smallest absolute Gasteiger partial charge is 0.323 e. The SMILES string of the molecule is CCN(CC(=O)O)C(=O)CCc1nc(-c2ccccn2)no1. The second kappa shape index (κ2) is 7.30. The Labute approximate surface area is 126 Å². The zero-order valence-electron chi connectivity index (χ0n) is 12.1. The molecule has 0 bridgehead atoms. The summed E-state index contributed by atoms with van der Waals surface area (Å²) in [5.74, 6) is -0.616. The molecule has 2 rings (SSSR count). The van der Waals surface area contributed by atoms with E-state index in [-0.39, 0.29) is 25.3 Å². The highest BCUT2D eigenvalue weighted by Crippen LogP contribution is 2.13. The van der Waals surface area contributed by atoms with Crippen LogP contribution in [0.15, 0.2) is 28.9 Å². The molecule has 2 aromatic heterocycles. The first-order valence-corrected chi connectivity index (χ1v) is 6.83. The number of likely N-dealkylation sites (N-methyl/N-ethyl adjacent to an activating group) is 1. The largest absolute Gasteiger partial charge is 0.480 e. The van der Waals surface area contributed by atoms with Gasteiger partial charge in [-0.25, -0.2) is 0 Å². The van der Waals surface area contributed by atoms with E-state index in [1.165, 1.54) is 4.90 Å². The summed E-state index contributed by atoms with van der Waals surface area (Å²) in [6.45, 7) is 1.76. The average molecular weight is 304 g/mol. The van der Waals surface area contributed by atoms with Crippen molar-refractivity contribution >= 4 is 11.9 Å². The van der Waals surface area contributed by atoms with Crippen LogP contribution in [0.1, 0.15) is 19.2 Å². The summed E-state index contributed by atoms with van der Waals surface area (Å²) >= 11 is 0. The van der Waals surface area contributed by atoms with Crippen molar-refractivity contribution in [3.63, 3.8) is 0 Å². The predicted molar refractivity (Wildman–Crippen MR) is 75.7 cm³/mol. The number of aromatic nitrogens is 3. The lowest BCUT2D eigenvalue weighted by molar-refractivity contribution is -0.144. The Kier molecular flexibility index (Phi) is 5.18. The number of amides is 1. The fourth-order valence-corrected chi connectivity index (χ4v) is 1.87. The molecule has 8 heteroatoms. The molecule has 0 aliphatic carbocycles. The van der Waals surface area contributed by atoms with Gasteiger partial charge >= 0.3 is 5.97 Å². The molecule has 2 heterocycles. The molecule has 1 amide bonds. The third-order valence-corrected chi connectivity index (χ3v) is 2.98. The zero-order chi connectivity index (χ0) is 15.9. The van der Waals surface area contributed by atoms with E-state index in [0.717, 1.165) is 0 Å². The number of rotatable bonds is 7. The van der Waals surface area contributed by atoms with Gasteiger partial charge in [0.2, 0.25) is 17.6 Å². The number of nitrogens with zero attached hydrogens (tertiary/aromatic N) is 4. The topological polar surface area (TPSA) is 109 Å². The summed E-state index contributed by atoms with van der Waals surface area (Å²) in [5, 5.41) is 12.5. The molecule has 0 radical (unpaired) electrons. The fraction of sp³-hybridized carbons (Fsp3) is 0.357. The Hall–Kier alpha value is -2.77. The number of hydrogen-bond donors (Lipinski definition) is 1. The van der Waals surface area contributed by atoms with Gasteiger partial charge in [0.1, 0.15) is 12.2 Å². The molecule has 0 spiro atoms. The molecular weight excluding hydrogens is 288 g/mol. The summed E-state index contributed by atoms with van der Waals surface area (Å²) in [6.07, 6.45) is 2.00. The normalized spacial score (nSPS) is 10.4. The first-order chi connectivity index (χ1) is 10.6. The van der Waals surface area contributed by atoms with Gasteiger partial charge in [-0.15, -0.1) is 0 Å². The van der Waals surface area contributed by atoms with E-state index in [1.54, 1.807) is 25.3 Å². The van der Waals surface area contributed by atoms with Gasteiger partial charge in [-0.1, -0.05) is 11.2 Å². The number of carboxylic acid groups (broad SMARTS) is 1. The molecule has 0 saturated heterocycles. The summed E-state index contributed by atoms with van der Waals surface area (Å²) in [6, 6.07) is 5.35. The highest BCUT2D eigenvalue weighted by atomic mass is 16.5. The number of carbonyl (C=O) groups excluding carboxylic acids is 1. The monoisotopic (exact) mass is 304 g/mol. The van der Waals surface area contributed by atoms with Gasteiger partial charge in [0.25, 0.3) is 0 Å². The van der Waals surface area contributed by atoms with Crippen LogP contribution in [0.2, 0.25) is 0 Å². The molecule has 22 heavy (non-hydrogen) atoms. The minimum absolute atomic E-state index is 0.116. The summed E-state index contributed by atoms with van der Waals surface area (Å²) in [4.78, 5) is 32.1. The van der Waals surface area contributed by atoms with Gasteiger partial charge < -0.3 is 14.5 Å². The lowest BCUT2D eigenvalue weighted by Crippen LogP contribution is -2.35. The van der Waals surface area contributed by atoms with Crippen molar-refractivity contribution < 1.29 is 19.2 Å². The van der Waals surface area contributed by atoms with Gasteiger partial charge in [0.05, 0.1) is 0 Å². The number of pyridine rings is 1. The summed E-state index contributed by atoms with van der Waals surface area (Å²) < 4.78 is 5.08. The van der Waals surface area contributed by atoms with Crippen LogP contribution < -0.4 is 0 Å². The maximum Gasteiger partial charge on any atom is 0.323 e. The Morgan fingerprint density at radius 2 is 2.18 bits per heavy atom. The molecule has 0 atom stereocenters. The van der Waals surface area contributed by atoms with Crippen LogP contribution in [-0.2, 0) is 16.0 Å². The van der Waals surface area contributed by atoms with Gasteiger partial charge in [-0.05, 0) is 19.1 Å². The highest BCUT2D eigenvalue weighted by molar-refractivity contribution is 5.81. The number of aliphatic carboxylic acids is 1. The molecule has 1 N–H and O–H groups in total. The Morgan fingerprint density at radius 3 is 2.82 bits per heavy atom. The number of aryl methyl sites for hydroxylation is 1. The van der Waals surface area contributed by atoms with Crippen molar-refractivity contribution in [2.45, 2.75) is 19.8 Å². The maximum absolute atomic E-state index is 11.9. The van der Waals surface area contributed by atoms with E-state index >= 15 is 0 Å². The van der Waals surface area contributed by atoms with Gasteiger partial charge in [0.15, 0.2) is 0 Å². The molecule has 0 fully saturated rings. The van der Waals surface area contributed by atoms with Gasteiger partial charge in [-0.2, -0.15) is 4.98 Å². The van der Waals surface area contributed by atoms with Crippen LogP contribution >= 0.6 is 0 Å². The van der Waals surface area contributed by atoms with E-state index in [2.05, 4.69) is 15.1 Å². The van der Waals surface area contributed by atoms with E-state index in [9.17, 15) is 9.59 Å². The molecular formula is C14H16N4O4. The molecule has 0 aliphatic heterocycles. The number of carboxylic acids is 1. The second-order valence-corrected chi connectivity index (χ2v) is 4.53. The van der Waals surface area contributed by atoms with E-state index in [4.69, 9.17) is 9.63 Å².